The zero-order chi connectivity index (χ0) is 12.3. The van der Waals surface area contributed by atoms with E-state index >= 15 is 0 Å². The van der Waals surface area contributed by atoms with Crippen molar-refractivity contribution in [3.8, 4) is 0 Å². The van der Waals surface area contributed by atoms with Crippen LogP contribution < -0.4 is 39.8 Å². The molecule has 1 aromatic rings. The number of nitrogens with two attached hydrogens (primary N) is 1. The van der Waals surface area contributed by atoms with Gasteiger partial charge in [0.2, 0.25) is 10.0 Å². The Balaban J connectivity index is 0.00000256. The molecular weight excluding hydrogens is 253 g/mol. The Morgan fingerprint density at radius 1 is 1.29 bits per heavy atom. The molecule has 0 amide bonds. The van der Waals surface area contributed by atoms with E-state index in [0.717, 1.165) is 0 Å². The van der Waals surface area contributed by atoms with Crippen LogP contribution in [0.15, 0.2) is 34.7 Å². The molecule has 0 unspecified atom stereocenters. The van der Waals surface area contributed by atoms with Gasteiger partial charge in [-0.05, 0) is 30.2 Å². The summed E-state index contributed by atoms with van der Waals surface area (Å²) < 4.78 is 21.9. The average molecular weight is 263 g/mol. The Hall–Kier alpha value is -0.660. The molecule has 2 N–H and O–H groups in total. The van der Waals surface area contributed by atoms with Crippen LogP contribution in [0.4, 0.5) is 0 Å². The number of primary sulfonamides is 1. The largest absolute Gasteiger partial charge is 1.00 e. The fourth-order valence-corrected chi connectivity index (χ4v) is 1.58. The molecule has 0 bridgehead atoms. The summed E-state index contributed by atoms with van der Waals surface area (Å²) in [6, 6.07) is 5.55. The summed E-state index contributed by atoms with van der Waals surface area (Å²) in [4.78, 5) is 10.4. The number of carboxylic acids is 1. The molecule has 1 aromatic carbocycles. The first-order valence-electron chi connectivity index (χ1n) is 4.33. The molecule has 1 rings (SSSR count). The number of benzene rings is 1. The smallest absolute Gasteiger partial charge is 0.545 e. The number of carbonyl (C=O) groups excluding carboxylic acids is 1. The molecule has 86 valence electrons. The van der Waals surface area contributed by atoms with Crippen molar-refractivity contribution in [1.82, 2.24) is 0 Å². The predicted octanol–water partition coefficient (Wildman–Crippen LogP) is -3.51. The summed E-state index contributed by atoms with van der Waals surface area (Å²) >= 11 is 0. The van der Waals surface area contributed by atoms with Crippen LogP contribution in [0, 0.1) is 0 Å². The quantitative estimate of drug-likeness (QED) is 0.451. The van der Waals surface area contributed by atoms with Crippen molar-refractivity contribution in [2.24, 2.45) is 5.14 Å². The maximum atomic E-state index is 10.9. The molecule has 0 aromatic heterocycles. The van der Waals surface area contributed by atoms with Gasteiger partial charge < -0.3 is 9.90 Å². The first-order valence-corrected chi connectivity index (χ1v) is 5.88. The van der Waals surface area contributed by atoms with Crippen molar-refractivity contribution in [2.75, 3.05) is 0 Å². The SMILES string of the molecule is C/C(=C\c1ccc(S(N)(=O)=O)cc1)C(=O)[O-].[Na+]. The van der Waals surface area contributed by atoms with E-state index < -0.39 is 16.0 Å². The van der Waals surface area contributed by atoms with Crippen LogP contribution in [0.5, 0.6) is 0 Å². The van der Waals surface area contributed by atoms with Crippen molar-refractivity contribution in [3.63, 3.8) is 0 Å². The second kappa shape index (κ2) is 6.32. The van der Waals surface area contributed by atoms with Crippen molar-refractivity contribution < 1.29 is 47.9 Å². The van der Waals surface area contributed by atoms with Gasteiger partial charge in [-0.25, -0.2) is 13.6 Å². The minimum atomic E-state index is -3.71. The topological polar surface area (TPSA) is 100 Å². The van der Waals surface area contributed by atoms with E-state index in [0.29, 0.717) is 5.56 Å². The van der Waals surface area contributed by atoms with Crippen molar-refractivity contribution in [1.29, 1.82) is 0 Å². The molecule has 0 spiro atoms. The van der Waals surface area contributed by atoms with E-state index in [9.17, 15) is 18.3 Å². The predicted molar refractivity (Wildman–Crippen MR) is 56.5 cm³/mol. The van der Waals surface area contributed by atoms with E-state index in [4.69, 9.17) is 5.14 Å². The van der Waals surface area contributed by atoms with Crippen LogP contribution in [0.1, 0.15) is 12.5 Å². The van der Waals surface area contributed by atoms with Crippen LogP contribution >= 0.6 is 0 Å². The van der Waals surface area contributed by atoms with Gasteiger partial charge in [0.1, 0.15) is 0 Å². The summed E-state index contributed by atoms with van der Waals surface area (Å²) in [6.45, 7) is 1.39. The Bertz CT molecular complexity index is 534. The van der Waals surface area contributed by atoms with Crippen LogP contribution in [-0.2, 0) is 14.8 Å². The van der Waals surface area contributed by atoms with E-state index in [1.165, 1.54) is 37.3 Å². The van der Waals surface area contributed by atoms with E-state index in [1.54, 1.807) is 0 Å². The van der Waals surface area contributed by atoms with E-state index in [-0.39, 0.29) is 40.0 Å². The van der Waals surface area contributed by atoms with Gasteiger partial charge in [-0.1, -0.05) is 18.2 Å². The third-order valence-corrected chi connectivity index (χ3v) is 2.84. The first kappa shape index (κ1) is 16.3. The van der Waals surface area contributed by atoms with Gasteiger partial charge in [0.15, 0.2) is 0 Å². The standard InChI is InChI=1S/C10H11NO4S.Na/c1-7(10(12)13)6-8-2-4-9(5-3-8)16(11,14)15;/h2-6H,1H3,(H,12,13)(H2,11,14,15);/q;+1/p-1/b7-6+;. The minimum absolute atomic E-state index is 0. The van der Waals surface area contributed by atoms with Crippen molar-refractivity contribution >= 4 is 22.1 Å². The van der Waals surface area contributed by atoms with Crippen LogP contribution in [0.3, 0.4) is 0 Å². The number of aliphatic carboxylic acids is 1. The number of carbonyl (C=O) groups is 1. The number of sulfonamides is 1. The normalized spacial score (nSPS) is 11.8. The van der Waals surface area contributed by atoms with Gasteiger partial charge in [0.25, 0.3) is 0 Å². The maximum Gasteiger partial charge on any atom is 1.00 e. The summed E-state index contributed by atoms with van der Waals surface area (Å²) in [5, 5.41) is 15.3. The maximum absolute atomic E-state index is 10.9. The Morgan fingerprint density at radius 3 is 2.12 bits per heavy atom. The molecule has 0 aliphatic heterocycles. The van der Waals surface area contributed by atoms with Crippen LogP contribution in [-0.4, -0.2) is 14.4 Å². The third kappa shape index (κ3) is 5.01. The Labute approximate surface area is 122 Å². The van der Waals surface area contributed by atoms with Gasteiger partial charge in [0.05, 0.1) is 10.9 Å². The van der Waals surface area contributed by atoms with E-state index in [2.05, 4.69) is 0 Å². The average Bonchev–Trinajstić information content (AvgIpc) is 2.17. The number of hydrogen-bond acceptors (Lipinski definition) is 4. The number of rotatable bonds is 3. The molecule has 0 fully saturated rings. The summed E-state index contributed by atoms with van der Waals surface area (Å²) in [7, 11) is -3.71. The molecule has 0 heterocycles. The second-order valence-electron chi connectivity index (χ2n) is 3.23. The summed E-state index contributed by atoms with van der Waals surface area (Å²) in [6.07, 6.45) is 1.38. The zero-order valence-electron chi connectivity index (χ0n) is 9.51. The molecular formula is C10H10NNaO4S. The zero-order valence-corrected chi connectivity index (χ0v) is 12.3. The van der Waals surface area contributed by atoms with Gasteiger partial charge >= 0.3 is 29.6 Å². The third-order valence-electron chi connectivity index (χ3n) is 1.91. The number of hydrogen-bond donors (Lipinski definition) is 1. The van der Waals surface area contributed by atoms with Crippen molar-refractivity contribution in [2.45, 2.75) is 11.8 Å². The number of carboxylic acid groups (broad SMARTS) is 1. The van der Waals surface area contributed by atoms with Gasteiger partial charge in [-0.2, -0.15) is 0 Å². The first-order chi connectivity index (χ1) is 7.30. The molecule has 0 saturated heterocycles. The fraction of sp³-hybridized carbons (Fsp3) is 0.100. The monoisotopic (exact) mass is 263 g/mol. The van der Waals surface area contributed by atoms with Gasteiger partial charge in [-0.15, -0.1) is 0 Å². The fourth-order valence-electron chi connectivity index (χ4n) is 1.06. The summed E-state index contributed by atoms with van der Waals surface area (Å²) in [5.41, 5.74) is 0.623. The minimum Gasteiger partial charge on any atom is -0.545 e. The summed E-state index contributed by atoms with van der Waals surface area (Å²) in [5.74, 6) is -1.27. The molecule has 0 saturated carbocycles. The van der Waals surface area contributed by atoms with Crippen LogP contribution in [0.2, 0.25) is 0 Å². The molecule has 0 radical (unpaired) electrons. The second-order valence-corrected chi connectivity index (χ2v) is 4.79. The molecule has 5 nitrogen and oxygen atoms in total. The van der Waals surface area contributed by atoms with Gasteiger partial charge in [0, 0.05) is 0 Å². The molecule has 7 heteroatoms. The molecule has 0 aliphatic rings. The Morgan fingerprint density at radius 2 is 1.76 bits per heavy atom. The van der Waals surface area contributed by atoms with E-state index in [1.807, 2.05) is 0 Å². The molecule has 17 heavy (non-hydrogen) atoms. The molecule has 0 aliphatic carbocycles. The van der Waals surface area contributed by atoms with Gasteiger partial charge in [-0.3, -0.25) is 0 Å². The van der Waals surface area contributed by atoms with Crippen LogP contribution in [0.25, 0.3) is 6.08 Å². The molecule has 0 atom stereocenters. The van der Waals surface area contributed by atoms with Crippen molar-refractivity contribution in [3.05, 3.63) is 35.4 Å². The Kier molecular flexibility index (Phi) is 6.08.